The number of halogens is 3. The van der Waals surface area contributed by atoms with Gasteiger partial charge in [0.15, 0.2) is 0 Å². The second-order valence-electron chi connectivity index (χ2n) is 4.19. The Bertz CT molecular complexity index is 385. The van der Waals surface area contributed by atoms with Crippen LogP contribution in [0.2, 0.25) is 0 Å². The van der Waals surface area contributed by atoms with Crippen LogP contribution < -0.4 is 56.8 Å². The van der Waals surface area contributed by atoms with E-state index in [9.17, 15) is 12.9 Å². The van der Waals surface area contributed by atoms with Gasteiger partial charge in [-0.15, -0.1) is 0 Å². The van der Waals surface area contributed by atoms with Gasteiger partial charge in [0.25, 0.3) is 0 Å². The summed E-state index contributed by atoms with van der Waals surface area (Å²) in [5.41, 5.74) is -0.0986. The predicted molar refractivity (Wildman–Crippen MR) is 53.3 cm³/mol. The van der Waals surface area contributed by atoms with E-state index < -0.39 is 12.4 Å². The smallest absolute Gasteiger partial charge is 0.445 e. The number of rotatable bonds is 2. The van der Waals surface area contributed by atoms with Gasteiger partial charge in [0.05, 0.1) is 6.04 Å². The van der Waals surface area contributed by atoms with E-state index in [1.807, 2.05) is 0 Å². The van der Waals surface area contributed by atoms with Crippen LogP contribution >= 0.6 is 0 Å². The summed E-state index contributed by atoms with van der Waals surface area (Å²) in [6, 6.07) is 0.190. The van der Waals surface area contributed by atoms with Crippen molar-refractivity contribution in [1.82, 2.24) is 9.78 Å². The average Bonchev–Trinajstić information content (AvgIpc) is 2.22. The quantitative estimate of drug-likeness (QED) is 0.639. The maximum Gasteiger partial charge on any atom is 1.00 e. The Morgan fingerprint density at radius 1 is 1.25 bits per heavy atom. The molecule has 0 aliphatic heterocycles. The van der Waals surface area contributed by atoms with Crippen LogP contribution in [0.15, 0.2) is 0 Å². The molecule has 0 unspecified atom stereocenters. The third kappa shape index (κ3) is 2.58. The molecular formula is C9H13BF3KN2. The van der Waals surface area contributed by atoms with Crippen molar-refractivity contribution in [3.63, 3.8) is 0 Å². The first-order chi connectivity index (χ1) is 6.91. The molecular weight excluding hydrogens is 243 g/mol. The number of hydrogen-bond donors (Lipinski definition) is 0. The summed E-state index contributed by atoms with van der Waals surface area (Å²) in [5.74, 6) is 0. The Hall–Kier alpha value is 0.701. The zero-order chi connectivity index (χ0) is 11.2. The van der Waals surface area contributed by atoms with Gasteiger partial charge in [0, 0.05) is 11.4 Å². The van der Waals surface area contributed by atoms with E-state index >= 15 is 0 Å². The largest absolute Gasteiger partial charge is 1.00 e. The molecule has 1 fully saturated rings. The van der Waals surface area contributed by atoms with Crippen molar-refractivity contribution in [3.05, 3.63) is 11.4 Å². The maximum atomic E-state index is 12.7. The van der Waals surface area contributed by atoms with Crippen molar-refractivity contribution in [3.8, 4) is 0 Å². The number of aromatic nitrogens is 2. The zero-order valence-corrected chi connectivity index (χ0v) is 12.9. The third-order valence-electron chi connectivity index (χ3n) is 3.13. The van der Waals surface area contributed by atoms with E-state index in [0.29, 0.717) is 0 Å². The van der Waals surface area contributed by atoms with Crippen LogP contribution in [0, 0.1) is 13.8 Å². The van der Waals surface area contributed by atoms with Gasteiger partial charge in [-0.3, -0.25) is 4.68 Å². The fourth-order valence-corrected chi connectivity index (χ4v) is 2.14. The van der Waals surface area contributed by atoms with Crippen molar-refractivity contribution in [2.75, 3.05) is 0 Å². The summed E-state index contributed by atoms with van der Waals surface area (Å²) in [5, 5.41) is 4.01. The van der Waals surface area contributed by atoms with Gasteiger partial charge in [-0.2, -0.15) is 5.10 Å². The number of nitrogens with zero attached hydrogens (tertiary/aromatic N) is 2. The monoisotopic (exact) mass is 256 g/mol. The number of hydrogen-bond acceptors (Lipinski definition) is 1. The van der Waals surface area contributed by atoms with Crippen LogP contribution in [0.25, 0.3) is 0 Å². The molecule has 0 N–H and O–H groups in total. The molecule has 1 aliphatic carbocycles. The summed E-state index contributed by atoms with van der Waals surface area (Å²) in [6.45, 7) is -1.97. The molecule has 2 rings (SSSR count). The summed E-state index contributed by atoms with van der Waals surface area (Å²) in [7, 11) is 0. The standard InChI is InChI=1S/C9H13BF3N2.K/c1-6-9(10(11,12)13)7(2)15(14-6)8-4-3-5-8;/h8H,3-5H2,1-2H3;/q-1;+1. The molecule has 1 aromatic heterocycles. The molecule has 1 aromatic rings. The van der Waals surface area contributed by atoms with E-state index in [2.05, 4.69) is 5.10 Å². The molecule has 16 heavy (non-hydrogen) atoms. The summed E-state index contributed by atoms with van der Waals surface area (Å²) in [4.78, 5) is 0. The minimum absolute atomic E-state index is 0. The minimum Gasteiger partial charge on any atom is -0.445 e. The first-order valence-corrected chi connectivity index (χ1v) is 5.17. The summed E-state index contributed by atoms with van der Waals surface area (Å²) < 4.78 is 39.7. The van der Waals surface area contributed by atoms with Crippen molar-refractivity contribution in [1.29, 1.82) is 0 Å². The Kier molecular flexibility index (Phi) is 4.74. The Balaban J connectivity index is 0.00000128. The van der Waals surface area contributed by atoms with Crippen LogP contribution in [0.4, 0.5) is 12.9 Å². The second kappa shape index (κ2) is 5.14. The first kappa shape index (κ1) is 14.8. The van der Waals surface area contributed by atoms with Gasteiger partial charge >= 0.3 is 58.4 Å². The van der Waals surface area contributed by atoms with Crippen molar-refractivity contribution in [2.24, 2.45) is 0 Å². The molecule has 0 atom stereocenters. The Morgan fingerprint density at radius 2 is 1.81 bits per heavy atom. The van der Waals surface area contributed by atoms with Gasteiger partial charge in [-0.05, 0) is 33.1 Å². The normalized spacial score (nSPS) is 16.8. The van der Waals surface area contributed by atoms with Crippen molar-refractivity contribution >= 4 is 12.4 Å². The van der Waals surface area contributed by atoms with E-state index in [0.717, 1.165) is 19.3 Å². The topological polar surface area (TPSA) is 17.8 Å². The molecule has 0 radical (unpaired) electrons. The van der Waals surface area contributed by atoms with Crippen LogP contribution in [-0.2, 0) is 0 Å². The average molecular weight is 256 g/mol. The molecule has 1 aliphatic rings. The van der Waals surface area contributed by atoms with Crippen LogP contribution in [0.5, 0.6) is 0 Å². The fraction of sp³-hybridized carbons (Fsp3) is 0.667. The molecule has 0 bridgehead atoms. The van der Waals surface area contributed by atoms with Crippen LogP contribution in [0.3, 0.4) is 0 Å². The van der Waals surface area contributed by atoms with Gasteiger partial charge in [-0.1, -0.05) is 5.46 Å². The molecule has 0 amide bonds. The fourth-order valence-electron chi connectivity index (χ4n) is 2.14. The molecule has 1 saturated carbocycles. The Morgan fingerprint density at radius 3 is 2.12 bits per heavy atom. The van der Waals surface area contributed by atoms with Crippen LogP contribution in [-0.4, -0.2) is 16.8 Å². The number of aryl methyl sites for hydroxylation is 1. The second-order valence-corrected chi connectivity index (χ2v) is 4.19. The molecule has 0 saturated heterocycles. The molecule has 7 heteroatoms. The third-order valence-corrected chi connectivity index (χ3v) is 3.13. The molecule has 84 valence electrons. The predicted octanol–water partition coefficient (Wildman–Crippen LogP) is -0.717. The van der Waals surface area contributed by atoms with Gasteiger partial charge in [0.1, 0.15) is 0 Å². The SMILES string of the molecule is Cc1nn(C2CCC2)c(C)c1[B-](F)(F)F.[K+]. The summed E-state index contributed by atoms with van der Waals surface area (Å²) in [6.07, 6.45) is 2.99. The van der Waals surface area contributed by atoms with E-state index in [-0.39, 0.29) is 68.8 Å². The molecule has 2 nitrogen and oxygen atoms in total. The minimum atomic E-state index is -4.93. The van der Waals surface area contributed by atoms with Gasteiger partial charge in [-0.25, -0.2) is 0 Å². The van der Waals surface area contributed by atoms with Crippen molar-refractivity contribution in [2.45, 2.75) is 39.2 Å². The zero-order valence-electron chi connectivity index (χ0n) is 9.80. The maximum absolute atomic E-state index is 12.7. The Labute approximate surface area is 135 Å². The first-order valence-electron chi connectivity index (χ1n) is 5.17. The van der Waals surface area contributed by atoms with Gasteiger partial charge < -0.3 is 12.9 Å². The molecule has 1 heterocycles. The van der Waals surface area contributed by atoms with E-state index in [1.165, 1.54) is 13.8 Å². The van der Waals surface area contributed by atoms with Crippen molar-refractivity contribution < 1.29 is 64.3 Å². The van der Waals surface area contributed by atoms with Gasteiger partial charge in [0.2, 0.25) is 0 Å². The van der Waals surface area contributed by atoms with E-state index in [4.69, 9.17) is 0 Å². The van der Waals surface area contributed by atoms with E-state index in [1.54, 1.807) is 4.68 Å². The summed E-state index contributed by atoms with van der Waals surface area (Å²) >= 11 is 0. The molecule has 0 aromatic carbocycles. The van der Waals surface area contributed by atoms with Crippen LogP contribution in [0.1, 0.15) is 36.7 Å². The molecule has 0 spiro atoms.